The minimum atomic E-state index is -1.02. The van der Waals surface area contributed by atoms with Crippen LogP contribution >= 0.6 is 0 Å². The minimum Gasteiger partial charge on any atom is -0.480 e. The lowest BCUT2D eigenvalue weighted by Gasteiger charge is -2.25. The van der Waals surface area contributed by atoms with Crippen molar-refractivity contribution in [2.75, 3.05) is 39.3 Å². The van der Waals surface area contributed by atoms with Crippen LogP contribution in [0.3, 0.4) is 0 Å². The Balaban J connectivity index is 4.49. The molecule has 2 N–H and O–H groups in total. The Hall–Kier alpha value is -1.73. The van der Waals surface area contributed by atoms with Crippen LogP contribution in [0.1, 0.15) is 13.8 Å². The van der Waals surface area contributed by atoms with Crippen LogP contribution in [-0.2, 0) is 14.4 Å². The lowest BCUT2D eigenvalue weighted by Crippen LogP contribution is -2.41. The third-order valence-corrected chi connectivity index (χ3v) is 2.39. The van der Waals surface area contributed by atoms with Gasteiger partial charge in [-0.05, 0) is 13.8 Å². The van der Waals surface area contributed by atoms with E-state index in [4.69, 9.17) is 10.2 Å². The fourth-order valence-corrected chi connectivity index (χ4v) is 1.79. The van der Waals surface area contributed by atoms with E-state index in [9.17, 15) is 14.4 Å². The highest BCUT2D eigenvalue weighted by Crippen LogP contribution is 1.98. The predicted molar refractivity (Wildman–Crippen MR) is 73.6 cm³/mol. The molecular formula is C13H22N2O5. The first-order chi connectivity index (χ1) is 9.20. The van der Waals surface area contributed by atoms with Gasteiger partial charge in [-0.25, -0.2) is 0 Å². The molecule has 0 aliphatic rings. The van der Waals surface area contributed by atoms with E-state index in [1.54, 1.807) is 11.8 Å². The van der Waals surface area contributed by atoms with Crippen LogP contribution in [0.2, 0.25) is 0 Å². The fraction of sp³-hybridized carbons (Fsp3) is 0.615. The molecule has 7 heteroatoms. The molecule has 0 aromatic rings. The van der Waals surface area contributed by atoms with Gasteiger partial charge in [0, 0.05) is 19.6 Å². The average molecular weight is 286 g/mol. The van der Waals surface area contributed by atoms with E-state index in [0.29, 0.717) is 19.6 Å². The summed E-state index contributed by atoms with van der Waals surface area (Å²) < 4.78 is 0. The van der Waals surface area contributed by atoms with Crippen molar-refractivity contribution < 1.29 is 24.6 Å². The van der Waals surface area contributed by atoms with Crippen molar-refractivity contribution in [1.82, 2.24) is 9.80 Å². The first-order valence-electron chi connectivity index (χ1n) is 6.22. The quantitative estimate of drug-likeness (QED) is 0.513. The second kappa shape index (κ2) is 9.22. The van der Waals surface area contributed by atoms with Crippen LogP contribution in [0.5, 0.6) is 0 Å². The van der Waals surface area contributed by atoms with E-state index in [-0.39, 0.29) is 25.4 Å². The van der Waals surface area contributed by atoms with Gasteiger partial charge < -0.3 is 10.2 Å². The monoisotopic (exact) mass is 286 g/mol. The van der Waals surface area contributed by atoms with Crippen LogP contribution in [-0.4, -0.2) is 77.0 Å². The molecule has 0 heterocycles. The number of ketones is 1. The zero-order chi connectivity index (χ0) is 15.7. The summed E-state index contributed by atoms with van der Waals surface area (Å²) in [5, 5.41) is 17.6. The van der Waals surface area contributed by atoms with Gasteiger partial charge in [-0.3, -0.25) is 24.2 Å². The number of hydrogen-bond acceptors (Lipinski definition) is 5. The first-order valence-corrected chi connectivity index (χ1v) is 6.22. The van der Waals surface area contributed by atoms with Gasteiger partial charge >= 0.3 is 11.9 Å². The summed E-state index contributed by atoms with van der Waals surface area (Å²) in [6.07, 6.45) is 0. The highest BCUT2D eigenvalue weighted by molar-refractivity contribution is 5.78. The Labute approximate surface area is 118 Å². The molecule has 0 aromatic carbocycles. The maximum absolute atomic E-state index is 11.1. The van der Waals surface area contributed by atoms with Gasteiger partial charge in [0.25, 0.3) is 0 Å². The van der Waals surface area contributed by atoms with Crippen molar-refractivity contribution in [3.05, 3.63) is 12.2 Å². The van der Waals surface area contributed by atoms with Crippen LogP contribution in [0.15, 0.2) is 12.2 Å². The molecule has 0 aromatic heterocycles. The molecule has 0 saturated heterocycles. The van der Waals surface area contributed by atoms with E-state index in [1.807, 2.05) is 0 Å². The fourth-order valence-electron chi connectivity index (χ4n) is 1.79. The molecule has 0 spiro atoms. The maximum Gasteiger partial charge on any atom is 0.317 e. The molecule has 0 bridgehead atoms. The van der Waals surface area contributed by atoms with Gasteiger partial charge in [0.1, 0.15) is 5.78 Å². The summed E-state index contributed by atoms with van der Waals surface area (Å²) >= 11 is 0. The molecule has 0 saturated carbocycles. The number of nitrogens with zero attached hydrogens (tertiary/aromatic N) is 2. The molecule has 0 amide bonds. The summed E-state index contributed by atoms with van der Waals surface area (Å²) in [7, 11) is 0. The van der Waals surface area contributed by atoms with Crippen molar-refractivity contribution in [3.8, 4) is 0 Å². The second-order valence-electron chi connectivity index (χ2n) is 4.87. The maximum atomic E-state index is 11.1. The van der Waals surface area contributed by atoms with Gasteiger partial charge in [-0.15, -0.1) is 0 Å². The molecule has 0 rings (SSSR count). The van der Waals surface area contributed by atoms with Crippen molar-refractivity contribution in [1.29, 1.82) is 0 Å². The number of aliphatic carboxylic acids is 2. The average Bonchev–Trinajstić information content (AvgIpc) is 2.22. The lowest BCUT2D eigenvalue weighted by atomic mass is 10.3. The highest BCUT2D eigenvalue weighted by atomic mass is 16.4. The van der Waals surface area contributed by atoms with Crippen LogP contribution in [0.4, 0.5) is 0 Å². The molecular weight excluding hydrogens is 264 g/mol. The highest BCUT2D eigenvalue weighted by Gasteiger charge is 2.15. The van der Waals surface area contributed by atoms with E-state index in [2.05, 4.69) is 6.58 Å². The zero-order valence-corrected chi connectivity index (χ0v) is 12.0. The molecule has 0 atom stereocenters. The van der Waals surface area contributed by atoms with Gasteiger partial charge in [0.15, 0.2) is 0 Å². The van der Waals surface area contributed by atoms with E-state index in [0.717, 1.165) is 5.57 Å². The Morgan fingerprint density at radius 2 is 1.25 bits per heavy atom. The van der Waals surface area contributed by atoms with Gasteiger partial charge in [-0.1, -0.05) is 12.2 Å². The first kappa shape index (κ1) is 18.3. The van der Waals surface area contributed by atoms with Gasteiger partial charge in [0.05, 0.1) is 19.6 Å². The number of carbonyl (C=O) groups excluding carboxylic acids is 1. The molecule has 0 aliphatic carbocycles. The predicted octanol–water partition coefficient (Wildman–Crippen LogP) is -0.0753. The summed E-state index contributed by atoms with van der Waals surface area (Å²) in [4.78, 5) is 35.7. The molecule has 20 heavy (non-hydrogen) atoms. The zero-order valence-electron chi connectivity index (χ0n) is 12.0. The van der Waals surface area contributed by atoms with Crippen LogP contribution < -0.4 is 0 Å². The van der Waals surface area contributed by atoms with Crippen molar-refractivity contribution in [3.63, 3.8) is 0 Å². The molecule has 0 unspecified atom stereocenters. The largest absolute Gasteiger partial charge is 0.480 e. The Bertz CT molecular complexity index is 313. The summed E-state index contributed by atoms with van der Waals surface area (Å²) in [5.74, 6) is -2.10. The van der Waals surface area contributed by atoms with E-state index < -0.39 is 11.9 Å². The van der Waals surface area contributed by atoms with E-state index in [1.165, 1.54) is 11.8 Å². The standard InChI is InChI=1S/C13H22N2O5/c1-10(2)6-14(8-12(17)18)4-5-15(7-11(3)16)9-13(19)20/h1,4-9H2,2-3H3,(H,17,18)(H,19,20). The molecule has 0 aliphatic heterocycles. The van der Waals surface area contributed by atoms with Gasteiger partial charge in [-0.2, -0.15) is 0 Å². The lowest BCUT2D eigenvalue weighted by molar-refractivity contribution is -0.140. The Morgan fingerprint density at radius 1 is 0.850 bits per heavy atom. The third kappa shape index (κ3) is 10.2. The Morgan fingerprint density at radius 3 is 1.55 bits per heavy atom. The Kier molecular flexibility index (Phi) is 8.42. The third-order valence-electron chi connectivity index (χ3n) is 2.39. The number of carbonyl (C=O) groups is 3. The summed E-state index contributed by atoms with van der Waals surface area (Å²) in [6.45, 7) is 7.66. The van der Waals surface area contributed by atoms with Crippen LogP contribution in [0, 0.1) is 0 Å². The smallest absolute Gasteiger partial charge is 0.317 e. The summed E-state index contributed by atoms with van der Waals surface area (Å²) in [6, 6.07) is 0. The molecule has 7 nitrogen and oxygen atoms in total. The number of carboxylic acids is 2. The van der Waals surface area contributed by atoms with Crippen molar-refractivity contribution in [2.45, 2.75) is 13.8 Å². The topological polar surface area (TPSA) is 98.2 Å². The minimum absolute atomic E-state index is 0.0419. The number of rotatable bonds is 11. The van der Waals surface area contributed by atoms with Crippen LogP contribution in [0.25, 0.3) is 0 Å². The van der Waals surface area contributed by atoms with E-state index >= 15 is 0 Å². The number of hydrogen-bond donors (Lipinski definition) is 2. The number of carboxylic acid groups (broad SMARTS) is 2. The SMILES string of the molecule is C=C(C)CN(CCN(CC(C)=O)CC(=O)O)CC(=O)O. The summed E-state index contributed by atoms with van der Waals surface area (Å²) in [5.41, 5.74) is 0.822. The van der Waals surface area contributed by atoms with Crippen molar-refractivity contribution in [2.24, 2.45) is 0 Å². The van der Waals surface area contributed by atoms with Crippen molar-refractivity contribution >= 4 is 17.7 Å². The normalized spacial score (nSPS) is 10.8. The molecule has 0 fully saturated rings. The molecule has 0 radical (unpaired) electrons. The van der Waals surface area contributed by atoms with Gasteiger partial charge in [0.2, 0.25) is 0 Å². The number of Topliss-reactive ketones (excluding diaryl/α,β-unsaturated/α-hetero) is 1. The molecule has 114 valence electrons. The second-order valence-corrected chi connectivity index (χ2v) is 4.87.